The number of anilines is 1. The van der Waals surface area contributed by atoms with Gasteiger partial charge in [0.05, 0.1) is 11.1 Å². The number of amides is 3. The van der Waals surface area contributed by atoms with Gasteiger partial charge in [-0.05, 0) is 48.4 Å². The molecule has 196 valence electrons. The van der Waals surface area contributed by atoms with Crippen molar-refractivity contribution in [3.8, 4) is 0 Å². The molecule has 2 aliphatic heterocycles. The summed E-state index contributed by atoms with van der Waals surface area (Å²) in [6, 6.07) is 20.3. The van der Waals surface area contributed by atoms with Gasteiger partial charge < -0.3 is 5.32 Å². The molecule has 1 unspecified atom stereocenters. The summed E-state index contributed by atoms with van der Waals surface area (Å²) in [7, 11) is 0. The highest BCUT2D eigenvalue weighted by Gasteiger charge is 2.41. The molecule has 0 saturated carbocycles. The molecule has 3 aromatic rings. The number of carbonyl (C=O) groups is 3. The van der Waals surface area contributed by atoms with Crippen molar-refractivity contribution in [1.82, 2.24) is 14.7 Å². The fraction of sp³-hybridized carbons (Fsp3) is 0.276. The molecule has 7 nitrogen and oxygen atoms in total. The van der Waals surface area contributed by atoms with Crippen LogP contribution >= 0.6 is 31.9 Å². The second-order valence-corrected chi connectivity index (χ2v) is 11.5. The third-order valence-corrected chi connectivity index (χ3v) is 8.07. The Hall–Kier alpha value is -2.85. The molecule has 1 saturated heterocycles. The number of nitrogens with zero attached hydrogens (tertiary/aromatic N) is 3. The van der Waals surface area contributed by atoms with Crippen LogP contribution in [0.1, 0.15) is 38.8 Å². The summed E-state index contributed by atoms with van der Waals surface area (Å²) in [5.74, 6) is -1.33. The highest BCUT2D eigenvalue weighted by atomic mass is 79.9. The van der Waals surface area contributed by atoms with Crippen LogP contribution in [-0.4, -0.2) is 64.6 Å². The smallest absolute Gasteiger partial charge is 0.262 e. The average molecular weight is 640 g/mol. The standard InChI is InChI=1S/C29H28Br2N4O3/c1-19(35-28(37)24-10-9-22(30)15-25(24)29(35)38)27(36)32-26-16-23(31)8-7-21(26)18-34-13-11-33(12-14-34)17-20-5-3-2-4-6-20/h2-10,15-16,19H,11-14,17-18H2,1H3,(H,32,36). The molecule has 2 aliphatic rings. The first-order chi connectivity index (χ1) is 18.3. The van der Waals surface area contributed by atoms with Gasteiger partial charge in [0.15, 0.2) is 0 Å². The maximum atomic E-state index is 13.3. The molecule has 9 heteroatoms. The molecular formula is C29H28Br2N4O3. The quantitative estimate of drug-likeness (QED) is 0.362. The zero-order valence-electron chi connectivity index (χ0n) is 21.0. The summed E-state index contributed by atoms with van der Waals surface area (Å²) in [4.78, 5) is 45.1. The van der Waals surface area contributed by atoms with E-state index in [4.69, 9.17) is 0 Å². The van der Waals surface area contributed by atoms with Crippen LogP contribution < -0.4 is 5.32 Å². The molecule has 0 bridgehead atoms. The number of imide groups is 1. The first kappa shape index (κ1) is 26.7. The minimum atomic E-state index is -0.963. The van der Waals surface area contributed by atoms with E-state index in [-0.39, 0.29) is 0 Å². The monoisotopic (exact) mass is 638 g/mol. The third-order valence-electron chi connectivity index (χ3n) is 7.08. The second kappa shape index (κ2) is 11.5. The van der Waals surface area contributed by atoms with E-state index in [1.807, 2.05) is 24.3 Å². The maximum absolute atomic E-state index is 13.3. The molecule has 38 heavy (non-hydrogen) atoms. The van der Waals surface area contributed by atoms with Gasteiger partial charge in [0.1, 0.15) is 6.04 Å². The van der Waals surface area contributed by atoms with E-state index >= 15 is 0 Å². The van der Waals surface area contributed by atoms with Gasteiger partial charge in [0.2, 0.25) is 5.91 Å². The molecule has 0 aromatic heterocycles. The van der Waals surface area contributed by atoms with E-state index < -0.39 is 23.8 Å². The number of hydrogen-bond donors (Lipinski definition) is 1. The van der Waals surface area contributed by atoms with Gasteiger partial charge in [0.25, 0.3) is 11.8 Å². The summed E-state index contributed by atoms with van der Waals surface area (Å²) in [5, 5.41) is 2.98. The Morgan fingerprint density at radius 3 is 2.13 bits per heavy atom. The Bertz CT molecular complexity index is 1370. The van der Waals surface area contributed by atoms with Crippen molar-refractivity contribution in [2.75, 3.05) is 31.5 Å². The van der Waals surface area contributed by atoms with Gasteiger partial charge in [-0.15, -0.1) is 0 Å². The van der Waals surface area contributed by atoms with E-state index in [9.17, 15) is 14.4 Å². The maximum Gasteiger partial charge on any atom is 0.262 e. The number of halogens is 2. The van der Waals surface area contributed by atoms with Crippen molar-refractivity contribution >= 4 is 55.3 Å². The van der Waals surface area contributed by atoms with Crippen LogP contribution in [0, 0.1) is 0 Å². The van der Waals surface area contributed by atoms with Gasteiger partial charge in [-0.25, -0.2) is 0 Å². The lowest BCUT2D eigenvalue weighted by Crippen LogP contribution is -2.46. The number of piperazine rings is 1. The number of hydrogen-bond acceptors (Lipinski definition) is 5. The van der Waals surface area contributed by atoms with Crippen LogP contribution in [0.5, 0.6) is 0 Å². The first-order valence-corrected chi connectivity index (χ1v) is 14.1. The van der Waals surface area contributed by atoms with Crippen molar-refractivity contribution in [1.29, 1.82) is 0 Å². The number of benzene rings is 3. The fourth-order valence-corrected chi connectivity index (χ4v) is 5.65. The fourth-order valence-electron chi connectivity index (χ4n) is 4.93. The molecular weight excluding hydrogens is 612 g/mol. The minimum absolute atomic E-state index is 0.304. The number of fused-ring (bicyclic) bond motifs is 1. The first-order valence-electron chi connectivity index (χ1n) is 12.6. The van der Waals surface area contributed by atoms with Crippen LogP contribution in [0.4, 0.5) is 5.69 Å². The van der Waals surface area contributed by atoms with E-state index in [0.29, 0.717) is 27.8 Å². The Labute approximate surface area is 239 Å². The summed E-state index contributed by atoms with van der Waals surface area (Å²) in [6.07, 6.45) is 0. The highest BCUT2D eigenvalue weighted by Crippen LogP contribution is 2.29. The van der Waals surface area contributed by atoms with Gasteiger partial charge in [-0.2, -0.15) is 0 Å². The molecule has 3 amide bonds. The Morgan fingerprint density at radius 2 is 1.42 bits per heavy atom. The lowest BCUT2D eigenvalue weighted by molar-refractivity contribution is -0.119. The van der Waals surface area contributed by atoms with Gasteiger partial charge in [-0.3, -0.25) is 29.1 Å². The minimum Gasteiger partial charge on any atom is -0.324 e. The molecule has 1 fully saturated rings. The molecule has 1 N–H and O–H groups in total. The van der Waals surface area contributed by atoms with Gasteiger partial charge >= 0.3 is 0 Å². The van der Waals surface area contributed by atoms with Crippen LogP contribution in [0.3, 0.4) is 0 Å². The van der Waals surface area contributed by atoms with E-state index in [2.05, 4.69) is 71.2 Å². The largest absolute Gasteiger partial charge is 0.324 e. The summed E-state index contributed by atoms with van der Waals surface area (Å²) >= 11 is 6.85. The SMILES string of the molecule is CC(C(=O)Nc1cc(Br)ccc1CN1CCN(Cc2ccccc2)CC1)N1C(=O)c2ccc(Br)cc2C1=O. The zero-order valence-corrected chi connectivity index (χ0v) is 24.2. The lowest BCUT2D eigenvalue weighted by atomic mass is 10.1. The van der Waals surface area contributed by atoms with Crippen LogP contribution in [0.2, 0.25) is 0 Å². The van der Waals surface area contributed by atoms with Gasteiger partial charge in [0, 0.05) is 53.9 Å². The predicted octanol–water partition coefficient (Wildman–Crippen LogP) is 5.15. The Morgan fingerprint density at radius 1 is 0.816 bits per heavy atom. The Kier molecular flexibility index (Phi) is 8.09. The second-order valence-electron chi connectivity index (χ2n) is 9.67. The van der Waals surface area contributed by atoms with Crippen LogP contribution in [0.15, 0.2) is 75.7 Å². The molecule has 0 radical (unpaired) electrons. The van der Waals surface area contributed by atoms with Crippen molar-refractivity contribution in [3.05, 3.63) is 97.9 Å². The lowest BCUT2D eigenvalue weighted by Gasteiger charge is -2.35. The van der Waals surface area contributed by atoms with Crippen molar-refractivity contribution in [2.24, 2.45) is 0 Å². The van der Waals surface area contributed by atoms with Crippen molar-refractivity contribution in [3.63, 3.8) is 0 Å². The molecule has 0 spiro atoms. The number of carbonyl (C=O) groups excluding carboxylic acids is 3. The van der Waals surface area contributed by atoms with E-state index in [0.717, 1.165) is 47.7 Å². The average Bonchev–Trinajstić information content (AvgIpc) is 3.15. The number of rotatable bonds is 7. The van der Waals surface area contributed by atoms with E-state index in [1.54, 1.807) is 25.1 Å². The van der Waals surface area contributed by atoms with Gasteiger partial charge in [-0.1, -0.05) is 68.3 Å². The summed E-state index contributed by atoms with van der Waals surface area (Å²) < 4.78 is 1.54. The predicted molar refractivity (Wildman–Crippen MR) is 154 cm³/mol. The summed E-state index contributed by atoms with van der Waals surface area (Å²) in [6.45, 7) is 7.02. The molecule has 3 aromatic carbocycles. The van der Waals surface area contributed by atoms with E-state index in [1.165, 1.54) is 5.56 Å². The molecule has 1 atom stereocenters. The normalized spacial score (nSPS) is 17.0. The van der Waals surface area contributed by atoms with Crippen molar-refractivity contribution < 1.29 is 14.4 Å². The van der Waals surface area contributed by atoms with Crippen LogP contribution in [-0.2, 0) is 17.9 Å². The third kappa shape index (κ3) is 5.76. The van der Waals surface area contributed by atoms with Crippen molar-refractivity contribution in [2.45, 2.75) is 26.1 Å². The zero-order chi connectivity index (χ0) is 26.8. The topological polar surface area (TPSA) is 73.0 Å². The molecule has 0 aliphatic carbocycles. The molecule has 2 heterocycles. The Balaban J connectivity index is 1.23. The highest BCUT2D eigenvalue weighted by molar-refractivity contribution is 9.10. The number of nitrogens with one attached hydrogen (secondary N) is 1. The summed E-state index contributed by atoms with van der Waals surface area (Å²) in [5.41, 5.74) is 3.59. The molecule has 5 rings (SSSR count). The van der Waals surface area contributed by atoms with Crippen LogP contribution in [0.25, 0.3) is 0 Å².